The first-order valence-corrected chi connectivity index (χ1v) is 10.6. The van der Waals surface area contributed by atoms with Gasteiger partial charge in [-0.2, -0.15) is 0 Å². The van der Waals surface area contributed by atoms with Gasteiger partial charge in [0.1, 0.15) is 17.5 Å². The molecule has 0 aromatic carbocycles. The number of halogens is 1. The number of aryl methyl sites for hydroxylation is 2. The first-order valence-electron chi connectivity index (χ1n) is 10.6. The maximum Gasteiger partial charge on any atom is 0.140 e. The van der Waals surface area contributed by atoms with Crippen LogP contribution < -0.4 is 11.1 Å². The third-order valence-electron chi connectivity index (χ3n) is 3.91. The van der Waals surface area contributed by atoms with Gasteiger partial charge in [0.15, 0.2) is 0 Å². The van der Waals surface area contributed by atoms with Crippen molar-refractivity contribution < 1.29 is 4.39 Å². The van der Waals surface area contributed by atoms with Crippen molar-refractivity contribution in [2.75, 3.05) is 11.9 Å². The van der Waals surface area contributed by atoms with Crippen molar-refractivity contribution in [3.63, 3.8) is 0 Å². The predicted molar refractivity (Wildman–Crippen MR) is 122 cm³/mol. The lowest BCUT2D eigenvalue weighted by atomic mass is 10.0. The van der Waals surface area contributed by atoms with Gasteiger partial charge in [0, 0.05) is 18.9 Å². The molecule has 0 atom stereocenters. The lowest BCUT2D eigenvalue weighted by molar-refractivity contribution is 0.711. The molecular formula is C23H38FN5. The Morgan fingerprint density at radius 1 is 1.10 bits per heavy atom. The smallest absolute Gasteiger partial charge is 0.140 e. The van der Waals surface area contributed by atoms with Crippen molar-refractivity contribution in [1.29, 1.82) is 0 Å². The Bertz CT molecular complexity index is 722. The molecule has 2 aromatic rings. The molecule has 29 heavy (non-hydrogen) atoms. The van der Waals surface area contributed by atoms with Crippen molar-refractivity contribution >= 4 is 11.6 Å². The van der Waals surface area contributed by atoms with Crippen LogP contribution in [0.15, 0.2) is 30.1 Å². The highest BCUT2D eigenvalue weighted by atomic mass is 19.1. The highest BCUT2D eigenvalue weighted by molar-refractivity contribution is 5.73. The van der Waals surface area contributed by atoms with Crippen LogP contribution >= 0.6 is 0 Å². The van der Waals surface area contributed by atoms with Gasteiger partial charge in [-0.05, 0) is 50.4 Å². The lowest BCUT2D eigenvalue weighted by Gasteiger charge is -2.15. The van der Waals surface area contributed by atoms with Crippen LogP contribution in [0.2, 0.25) is 0 Å². The number of hydrogen-bond donors (Lipinski definition) is 2. The van der Waals surface area contributed by atoms with Gasteiger partial charge >= 0.3 is 0 Å². The van der Waals surface area contributed by atoms with Crippen molar-refractivity contribution in [1.82, 2.24) is 15.0 Å². The number of nitrogens with one attached hydrogen (secondary N) is 1. The Labute approximate surface area is 176 Å². The Balaban J connectivity index is 0.00000184. The number of rotatable bonds is 8. The summed E-state index contributed by atoms with van der Waals surface area (Å²) in [5.74, 6) is 0.870. The average molecular weight is 404 g/mol. The Morgan fingerprint density at radius 2 is 1.79 bits per heavy atom. The van der Waals surface area contributed by atoms with Gasteiger partial charge < -0.3 is 11.1 Å². The summed E-state index contributed by atoms with van der Waals surface area (Å²) in [5.41, 5.74) is 8.45. The summed E-state index contributed by atoms with van der Waals surface area (Å²) in [6, 6.07) is 3.83. The quantitative estimate of drug-likeness (QED) is 0.567. The van der Waals surface area contributed by atoms with E-state index in [2.05, 4.69) is 20.3 Å². The van der Waals surface area contributed by atoms with E-state index in [1.54, 1.807) is 19.3 Å². The van der Waals surface area contributed by atoms with E-state index in [1.165, 1.54) is 0 Å². The van der Waals surface area contributed by atoms with E-state index >= 15 is 4.39 Å². The lowest BCUT2D eigenvalue weighted by Crippen LogP contribution is -2.10. The van der Waals surface area contributed by atoms with Gasteiger partial charge in [0.2, 0.25) is 0 Å². The molecule has 3 N–H and O–H groups in total. The summed E-state index contributed by atoms with van der Waals surface area (Å²) in [5, 5.41) is 3.23. The fourth-order valence-electron chi connectivity index (χ4n) is 2.79. The minimum Gasteiger partial charge on any atom is -0.365 e. The van der Waals surface area contributed by atoms with Crippen LogP contribution in [0.1, 0.15) is 76.5 Å². The Morgan fingerprint density at radius 3 is 2.34 bits per heavy atom. The highest BCUT2D eigenvalue weighted by Gasteiger charge is 2.18. The van der Waals surface area contributed by atoms with E-state index in [0.717, 1.165) is 17.6 Å². The topological polar surface area (TPSA) is 76.7 Å². The number of pyridine rings is 1. The van der Waals surface area contributed by atoms with Crippen LogP contribution in [0.25, 0.3) is 5.83 Å². The molecule has 2 rings (SSSR count). The zero-order chi connectivity index (χ0) is 22.2. The third kappa shape index (κ3) is 8.69. The average Bonchev–Trinajstić information content (AvgIpc) is 2.75. The largest absolute Gasteiger partial charge is 0.365 e. The van der Waals surface area contributed by atoms with Crippen LogP contribution in [-0.4, -0.2) is 21.5 Å². The van der Waals surface area contributed by atoms with E-state index in [0.29, 0.717) is 48.8 Å². The molecule has 0 bridgehead atoms. The van der Waals surface area contributed by atoms with Crippen molar-refractivity contribution in [2.24, 2.45) is 5.73 Å². The van der Waals surface area contributed by atoms with Gasteiger partial charge in [-0.3, -0.25) is 4.98 Å². The fourth-order valence-corrected chi connectivity index (χ4v) is 2.79. The van der Waals surface area contributed by atoms with E-state index in [4.69, 9.17) is 5.73 Å². The Hall–Kier alpha value is -2.34. The molecule has 0 spiro atoms. The summed E-state index contributed by atoms with van der Waals surface area (Å²) >= 11 is 0. The molecule has 0 saturated carbocycles. The zero-order valence-corrected chi connectivity index (χ0v) is 19.1. The van der Waals surface area contributed by atoms with Gasteiger partial charge in [0.05, 0.1) is 11.3 Å². The molecular weight excluding hydrogens is 365 g/mol. The molecule has 0 fully saturated rings. The Kier molecular flexibility index (Phi) is 14.3. The molecule has 0 aliphatic rings. The van der Waals surface area contributed by atoms with Crippen molar-refractivity contribution in [3.05, 3.63) is 52.7 Å². The summed E-state index contributed by atoms with van der Waals surface area (Å²) in [4.78, 5) is 12.9. The molecule has 5 nitrogen and oxygen atoms in total. The summed E-state index contributed by atoms with van der Waals surface area (Å²) in [6.45, 7) is 14.6. The number of aromatic nitrogens is 3. The van der Waals surface area contributed by atoms with Crippen LogP contribution in [0.5, 0.6) is 0 Å². The molecule has 0 aliphatic carbocycles. The first kappa shape index (κ1) is 26.7. The van der Waals surface area contributed by atoms with Crippen molar-refractivity contribution in [2.45, 2.75) is 74.3 Å². The molecule has 0 unspecified atom stereocenters. The molecule has 0 saturated heterocycles. The van der Waals surface area contributed by atoms with Gasteiger partial charge in [0.25, 0.3) is 0 Å². The minimum atomic E-state index is -0.251. The zero-order valence-electron chi connectivity index (χ0n) is 19.1. The van der Waals surface area contributed by atoms with Crippen LogP contribution in [-0.2, 0) is 6.54 Å². The summed E-state index contributed by atoms with van der Waals surface area (Å²) in [6.07, 6.45) is 5.58. The van der Waals surface area contributed by atoms with Crippen molar-refractivity contribution in [3.8, 4) is 0 Å². The second-order valence-electron chi connectivity index (χ2n) is 6.00. The molecule has 6 heteroatoms. The monoisotopic (exact) mass is 403 g/mol. The van der Waals surface area contributed by atoms with Crippen LogP contribution in [0, 0.1) is 13.8 Å². The minimum absolute atomic E-state index is 0.251. The number of nitrogens with zero attached hydrogens (tertiary/aromatic N) is 3. The highest BCUT2D eigenvalue weighted by Crippen LogP contribution is 2.32. The maximum absolute atomic E-state index is 15.2. The predicted octanol–water partition coefficient (Wildman–Crippen LogP) is 5.98. The van der Waals surface area contributed by atoms with Crippen LogP contribution in [0.3, 0.4) is 0 Å². The molecule has 2 aromatic heterocycles. The molecule has 0 radical (unpaired) electrons. The van der Waals surface area contributed by atoms with E-state index in [-0.39, 0.29) is 5.83 Å². The molecule has 162 valence electrons. The fraction of sp³-hybridized carbons (Fsp3) is 0.522. The number of hydrogen-bond acceptors (Lipinski definition) is 5. The first-order chi connectivity index (χ1) is 14.1. The van der Waals surface area contributed by atoms with Gasteiger partial charge in [-0.15, -0.1) is 0 Å². The van der Waals surface area contributed by atoms with Gasteiger partial charge in [-0.25, -0.2) is 14.4 Å². The number of anilines is 1. The number of nitrogens with two attached hydrogens (primary N) is 1. The second kappa shape index (κ2) is 15.6. The molecule has 2 heterocycles. The second-order valence-corrected chi connectivity index (χ2v) is 6.00. The SMILES string of the molecule is CC.CC.CCC/C(CCN)=C(/F)c1c(C)nc(C)nc1NCc1cccnc1. The van der Waals surface area contributed by atoms with Gasteiger partial charge in [-0.1, -0.05) is 47.1 Å². The van der Waals surface area contributed by atoms with E-state index in [1.807, 2.05) is 53.7 Å². The maximum atomic E-state index is 15.2. The normalized spacial score (nSPS) is 10.8. The summed E-state index contributed by atoms with van der Waals surface area (Å²) < 4.78 is 15.2. The van der Waals surface area contributed by atoms with E-state index in [9.17, 15) is 0 Å². The summed E-state index contributed by atoms with van der Waals surface area (Å²) in [7, 11) is 0. The van der Waals surface area contributed by atoms with E-state index < -0.39 is 0 Å². The van der Waals surface area contributed by atoms with Crippen LogP contribution in [0.4, 0.5) is 10.2 Å². The molecule has 0 aliphatic heterocycles. The third-order valence-corrected chi connectivity index (χ3v) is 3.91. The standard InChI is InChI=1S/C19H26FN5.2C2H6/c1-4-6-16(8-9-21)18(20)17-13(2)24-14(3)25-19(17)23-12-15-7-5-10-22-11-15;2*1-2/h5,7,10-11H,4,6,8-9,12,21H2,1-3H3,(H,23,24,25);2*1-2H3/b18-16-;;. The molecule has 0 amide bonds.